The van der Waals surface area contributed by atoms with Gasteiger partial charge in [0.25, 0.3) is 0 Å². The third kappa shape index (κ3) is 6.28. The molecule has 0 radical (unpaired) electrons. The fourth-order valence-corrected chi connectivity index (χ4v) is 5.44. The van der Waals surface area contributed by atoms with Crippen molar-refractivity contribution in [2.75, 3.05) is 20.7 Å². The van der Waals surface area contributed by atoms with E-state index >= 15 is 0 Å². The highest BCUT2D eigenvalue weighted by molar-refractivity contribution is 7.19. The van der Waals surface area contributed by atoms with E-state index in [-0.39, 0.29) is 5.41 Å². The molecule has 33 heavy (non-hydrogen) atoms. The SMILES string of the molecule is CC=NC(=N/C(C)=C(/c1nc2cccnc2s1)N(C)C)OCC1CC=CC(C)(CC)CC1C. The van der Waals surface area contributed by atoms with E-state index in [2.05, 4.69) is 42.9 Å². The zero-order valence-corrected chi connectivity index (χ0v) is 21.8. The van der Waals surface area contributed by atoms with E-state index in [1.165, 1.54) is 6.42 Å². The number of amidine groups is 1. The van der Waals surface area contributed by atoms with Gasteiger partial charge in [-0.2, -0.15) is 4.99 Å². The lowest BCUT2D eigenvalue weighted by atomic mass is 9.77. The Balaban J connectivity index is 1.83. The van der Waals surface area contributed by atoms with Crippen LogP contribution in [-0.4, -0.2) is 47.8 Å². The minimum Gasteiger partial charge on any atom is -0.463 e. The normalized spacial score (nSPS) is 24.8. The molecule has 0 N–H and O–H groups in total. The number of hydrogen-bond acceptors (Lipinski definition) is 6. The second-order valence-electron chi connectivity index (χ2n) is 9.35. The molecule has 2 aromatic rings. The summed E-state index contributed by atoms with van der Waals surface area (Å²) in [7, 11) is 4.00. The number of allylic oxidation sites excluding steroid dienone is 3. The molecule has 0 fully saturated rings. The van der Waals surface area contributed by atoms with Gasteiger partial charge in [0.1, 0.15) is 15.4 Å². The number of hydrogen-bond donors (Lipinski definition) is 0. The second-order valence-corrected chi connectivity index (χ2v) is 10.3. The summed E-state index contributed by atoms with van der Waals surface area (Å²) in [5.74, 6) is 1.01. The molecule has 3 atom stereocenters. The quantitative estimate of drug-likeness (QED) is 0.279. The Hall–Kier alpha value is -2.54. The average Bonchev–Trinajstić information content (AvgIpc) is 3.12. The van der Waals surface area contributed by atoms with Crippen LogP contribution < -0.4 is 0 Å². The van der Waals surface area contributed by atoms with Crippen LogP contribution in [0.5, 0.6) is 0 Å². The first-order chi connectivity index (χ1) is 15.8. The monoisotopic (exact) mass is 467 g/mol. The highest BCUT2D eigenvalue weighted by Gasteiger charge is 2.29. The molecule has 3 unspecified atom stereocenters. The van der Waals surface area contributed by atoms with E-state index in [9.17, 15) is 0 Å². The summed E-state index contributed by atoms with van der Waals surface area (Å²) in [5, 5.41) is 0.885. The number of pyridine rings is 1. The standard InChI is InChI=1S/C26H37N5OS/c1-8-26(5)14-10-12-20(18(3)16-26)17-32-25(27-9-2)29-19(4)22(31(6)7)24-30-21-13-11-15-28-23(21)33-24/h9-11,13-15,18,20H,8,12,16-17H2,1-7H3/b22-19-,27-9?,29-25?. The topological polar surface area (TPSA) is 63.0 Å². The lowest BCUT2D eigenvalue weighted by Crippen LogP contribution is -2.23. The molecular weight excluding hydrogens is 430 g/mol. The van der Waals surface area contributed by atoms with Crippen molar-refractivity contribution in [3.8, 4) is 0 Å². The molecule has 7 heteroatoms. The molecule has 1 aliphatic rings. The van der Waals surface area contributed by atoms with Crippen LogP contribution in [0.4, 0.5) is 0 Å². The highest BCUT2D eigenvalue weighted by atomic mass is 32.1. The van der Waals surface area contributed by atoms with E-state index in [0.29, 0.717) is 24.5 Å². The molecule has 2 heterocycles. The van der Waals surface area contributed by atoms with Crippen LogP contribution in [-0.2, 0) is 4.74 Å². The molecule has 0 aromatic carbocycles. The van der Waals surface area contributed by atoms with Gasteiger partial charge < -0.3 is 9.64 Å². The van der Waals surface area contributed by atoms with Gasteiger partial charge in [0.05, 0.1) is 18.0 Å². The predicted octanol–water partition coefficient (Wildman–Crippen LogP) is 6.42. The Morgan fingerprint density at radius 1 is 1.39 bits per heavy atom. The van der Waals surface area contributed by atoms with Gasteiger partial charge in [0.15, 0.2) is 0 Å². The Morgan fingerprint density at radius 2 is 2.18 bits per heavy atom. The van der Waals surface area contributed by atoms with Crippen molar-refractivity contribution in [2.24, 2.45) is 27.2 Å². The fraction of sp³-hybridized carbons (Fsp3) is 0.538. The number of nitrogens with zero attached hydrogens (tertiary/aromatic N) is 5. The van der Waals surface area contributed by atoms with E-state index in [1.54, 1.807) is 23.7 Å². The van der Waals surface area contributed by atoms with Crippen molar-refractivity contribution in [3.63, 3.8) is 0 Å². The van der Waals surface area contributed by atoms with Crippen LogP contribution in [0.3, 0.4) is 0 Å². The van der Waals surface area contributed by atoms with Gasteiger partial charge in [-0.05, 0) is 62.5 Å². The van der Waals surface area contributed by atoms with Crippen LogP contribution >= 0.6 is 11.3 Å². The van der Waals surface area contributed by atoms with E-state index in [1.807, 2.05) is 45.0 Å². The molecule has 178 valence electrons. The summed E-state index contributed by atoms with van der Waals surface area (Å²) < 4.78 is 6.18. The Morgan fingerprint density at radius 3 is 2.85 bits per heavy atom. The third-order valence-corrected chi connectivity index (χ3v) is 7.43. The summed E-state index contributed by atoms with van der Waals surface area (Å²) in [4.78, 5) is 21.4. The fourth-order valence-electron chi connectivity index (χ4n) is 4.35. The van der Waals surface area contributed by atoms with Gasteiger partial charge in [-0.25, -0.2) is 15.0 Å². The Bertz CT molecular complexity index is 1030. The maximum Gasteiger partial charge on any atom is 0.316 e. The molecule has 0 aliphatic heterocycles. The van der Waals surface area contributed by atoms with Gasteiger partial charge in [0.2, 0.25) is 0 Å². The molecule has 6 nitrogen and oxygen atoms in total. The zero-order chi connectivity index (χ0) is 24.0. The minimum atomic E-state index is 0.276. The van der Waals surface area contributed by atoms with Crippen LogP contribution in [0.25, 0.3) is 16.0 Å². The van der Waals surface area contributed by atoms with Gasteiger partial charge in [-0.1, -0.05) is 44.3 Å². The average molecular weight is 468 g/mol. The van der Waals surface area contributed by atoms with Crippen molar-refractivity contribution in [1.29, 1.82) is 0 Å². The van der Waals surface area contributed by atoms with Crippen molar-refractivity contribution < 1.29 is 4.74 Å². The number of thiazole rings is 1. The second kappa shape index (κ2) is 11.1. The van der Waals surface area contributed by atoms with Crippen molar-refractivity contribution >= 4 is 39.6 Å². The van der Waals surface area contributed by atoms with E-state index in [4.69, 9.17) is 14.7 Å². The number of aliphatic imine (C=N–C) groups is 2. The molecule has 2 aromatic heterocycles. The van der Waals surface area contributed by atoms with Crippen molar-refractivity contribution in [3.05, 3.63) is 41.2 Å². The van der Waals surface area contributed by atoms with Gasteiger partial charge in [0, 0.05) is 26.5 Å². The van der Waals surface area contributed by atoms with Gasteiger partial charge in [-0.3, -0.25) is 0 Å². The smallest absolute Gasteiger partial charge is 0.316 e. The summed E-state index contributed by atoms with van der Waals surface area (Å²) in [6.45, 7) is 11.4. The summed E-state index contributed by atoms with van der Waals surface area (Å²) in [5.41, 5.74) is 2.92. The third-order valence-electron chi connectivity index (χ3n) is 6.45. The first-order valence-corrected chi connectivity index (χ1v) is 12.6. The summed E-state index contributed by atoms with van der Waals surface area (Å²) in [6.07, 6.45) is 11.6. The maximum atomic E-state index is 6.18. The van der Waals surface area contributed by atoms with Crippen molar-refractivity contribution in [1.82, 2.24) is 14.9 Å². The molecule has 0 spiro atoms. The van der Waals surface area contributed by atoms with E-state index in [0.717, 1.165) is 39.6 Å². The van der Waals surface area contributed by atoms with Gasteiger partial charge >= 0.3 is 6.02 Å². The van der Waals surface area contributed by atoms with Gasteiger partial charge in [-0.15, -0.1) is 0 Å². The van der Waals surface area contributed by atoms with Crippen LogP contribution in [0.2, 0.25) is 0 Å². The Labute approximate surface area is 202 Å². The molecular formula is C26H37N5OS. The molecule has 1 aliphatic carbocycles. The number of rotatable bonds is 6. The molecule has 0 amide bonds. The predicted molar refractivity (Wildman–Crippen MR) is 141 cm³/mol. The summed E-state index contributed by atoms with van der Waals surface area (Å²) in [6, 6.07) is 4.29. The number of ether oxygens (including phenoxy) is 1. The first-order valence-electron chi connectivity index (χ1n) is 11.7. The lowest BCUT2D eigenvalue weighted by Gasteiger charge is -2.29. The summed E-state index contributed by atoms with van der Waals surface area (Å²) >= 11 is 1.57. The number of aromatic nitrogens is 2. The first kappa shape index (κ1) is 25.1. The molecule has 0 bridgehead atoms. The highest BCUT2D eigenvalue weighted by Crippen LogP contribution is 2.38. The largest absolute Gasteiger partial charge is 0.463 e. The number of fused-ring (bicyclic) bond motifs is 1. The molecule has 0 saturated heterocycles. The lowest BCUT2D eigenvalue weighted by molar-refractivity contribution is 0.166. The zero-order valence-electron chi connectivity index (χ0n) is 21.0. The molecule has 0 saturated carbocycles. The van der Waals surface area contributed by atoms with Crippen LogP contribution in [0, 0.1) is 17.3 Å². The van der Waals surface area contributed by atoms with E-state index < -0.39 is 0 Å². The Kier molecular flexibility index (Phi) is 8.40. The van der Waals surface area contributed by atoms with Crippen LogP contribution in [0.1, 0.15) is 58.9 Å². The molecule has 3 rings (SSSR count). The minimum absolute atomic E-state index is 0.276. The van der Waals surface area contributed by atoms with Crippen molar-refractivity contribution in [2.45, 2.75) is 53.9 Å². The maximum absolute atomic E-state index is 6.18. The van der Waals surface area contributed by atoms with Crippen LogP contribution in [0.15, 0.2) is 46.2 Å².